The first-order valence-electron chi connectivity index (χ1n) is 3.38. The molecule has 0 unspecified atom stereocenters. The van der Waals surface area contributed by atoms with Crippen LogP contribution in [-0.2, 0) is 0 Å². The van der Waals surface area contributed by atoms with E-state index in [2.05, 4.69) is 27.8 Å². The first-order chi connectivity index (χ1) is 5.74. The van der Waals surface area contributed by atoms with Gasteiger partial charge in [0.05, 0.1) is 11.0 Å². The van der Waals surface area contributed by atoms with E-state index in [9.17, 15) is 4.39 Å². The van der Waals surface area contributed by atoms with Crippen molar-refractivity contribution in [3.05, 3.63) is 34.1 Å². The Morgan fingerprint density at radius 1 is 1.50 bits per heavy atom. The maximum atomic E-state index is 12.7. The van der Waals surface area contributed by atoms with E-state index in [0.29, 0.717) is 11.0 Å². The maximum Gasteiger partial charge on any atom is 0.137 e. The molecule has 0 fully saturated rings. The van der Waals surface area contributed by atoms with Crippen LogP contribution < -0.4 is 5.73 Å². The fraction of sp³-hybridized carbons (Fsp3) is 0.111. The molecule has 1 rings (SSSR count). The molecule has 0 aliphatic carbocycles. The number of hydrogen-bond donors (Lipinski definition) is 1. The number of benzene rings is 1. The summed E-state index contributed by atoms with van der Waals surface area (Å²) in [6.07, 6.45) is 0. The minimum Gasteiger partial charge on any atom is -0.320 e. The number of rotatable bonds is 0. The van der Waals surface area contributed by atoms with Gasteiger partial charge in [0.15, 0.2) is 0 Å². The first-order valence-corrected chi connectivity index (χ1v) is 4.17. The lowest BCUT2D eigenvalue weighted by atomic mass is 10.2. The van der Waals surface area contributed by atoms with Crippen LogP contribution in [0.1, 0.15) is 5.56 Å². The average molecular weight is 228 g/mol. The minimum absolute atomic E-state index is 0.284. The largest absolute Gasteiger partial charge is 0.320 e. The maximum absolute atomic E-state index is 12.7. The molecule has 1 aromatic carbocycles. The van der Waals surface area contributed by atoms with Gasteiger partial charge in [-0.1, -0.05) is 11.8 Å². The summed E-state index contributed by atoms with van der Waals surface area (Å²) >= 11 is 3.06. The summed E-state index contributed by atoms with van der Waals surface area (Å²) < 4.78 is 13.1. The van der Waals surface area contributed by atoms with Crippen LogP contribution in [0.5, 0.6) is 0 Å². The van der Waals surface area contributed by atoms with Crippen molar-refractivity contribution in [2.75, 3.05) is 6.54 Å². The highest BCUT2D eigenvalue weighted by Gasteiger charge is 1.96. The van der Waals surface area contributed by atoms with Gasteiger partial charge in [-0.15, -0.1) is 0 Å². The van der Waals surface area contributed by atoms with Gasteiger partial charge in [-0.05, 0) is 34.1 Å². The van der Waals surface area contributed by atoms with Gasteiger partial charge in [-0.3, -0.25) is 0 Å². The minimum atomic E-state index is -0.284. The quantitative estimate of drug-likeness (QED) is 0.674. The van der Waals surface area contributed by atoms with Crippen molar-refractivity contribution >= 4 is 15.9 Å². The highest BCUT2D eigenvalue weighted by molar-refractivity contribution is 9.10. The van der Waals surface area contributed by atoms with Crippen molar-refractivity contribution < 1.29 is 4.39 Å². The van der Waals surface area contributed by atoms with Crippen molar-refractivity contribution in [1.82, 2.24) is 0 Å². The van der Waals surface area contributed by atoms with Crippen molar-refractivity contribution in [1.29, 1.82) is 0 Å². The summed E-state index contributed by atoms with van der Waals surface area (Å²) in [6.45, 7) is 0.314. The summed E-state index contributed by atoms with van der Waals surface area (Å²) in [5.74, 6) is 5.20. The lowest BCUT2D eigenvalue weighted by molar-refractivity contribution is 0.621. The van der Waals surface area contributed by atoms with E-state index >= 15 is 0 Å². The Balaban J connectivity index is 2.97. The molecule has 0 aromatic heterocycles. The van der Waals surface area contributed by atoms with Gasteiger partial charge in [0.25, 0.3) is 0 Å². The molecule has 0 spiro atoms. The van der Waals surface area contributed by atoms with Gasteiger partial charge in [0.1, 0.15) is 5.82 Å². The molecular formula is C9H7BrFN. The van der Waals surface area contributed by atoms with Crippen LogP contribution in [0.25, 0.3) is 0 Å². The van der Waals surface area contributed by atoms with Crippen LogP contribution in [-0.4, -0.2) is 6.54 Å². The van der Waals surface area contributed by atoms with Crippen LogP contribution in [0.15, 0.2) is 22.7 Å². The zero-order valence-electron chi connectivity index (χ0n) is 6.27. The summed E-state index contributed by atoms with van der Waals surface area (Å²) in [6, 6.07) is 4.60. The Bertz CT molecular complexity index is 338. The Morgan fingerprint density at radius 3 is 2.83 bits per heavy atom. The number of halogens is 2. The molecule has 0 amide bonds. The second-order valence-electron chi connectivity index (χ2n) is 2.13. The molecule has 2 N–H and O–H groups in total. The third-order valence-corrected chi connectivity index (χ3v) is 1.86. The zero-order valence-corrected chi connectivity index (χ0v) is 7.86. The van der Waals surface area contributed by atoms with Crippen molar-refractivity contribution in [2.24, 2.45) is 5.73 Å². The van der Waals surface area contributed by atoms with Gasteiger partial charge in [0, 0.05) is 5.56 Å². The highest BCUT2D eigenvalue weighted by atomic mass is 79.9. The molecule has 0 atom stereocenters. The van der Waals surface area contributed by atoms with Crippen molar-refractivity contribution in [2.45, 2.75) is 0 Å². The molecular weight excluding hydrogens is 221 g/mol. The standard InChI is InChI=1S/C9H7BrFN/c10-8-6-7(2-1-5-12)3-4-9(8)11/h3-4,6H,5,12H2. The molecule has 0 aliphatic rings. The third-order valence-electron chi connectivity index (χ3n) is 1.25. The van der Waals surface area contributed by atoms with E-state index in [4.69, 9.17) is 5.73 Å². The molecule has 62 valence electrons. The topological polar surface area (TPSA) is 26.0 Å². The van der Waals surface area contributed by atoms with E-state index in [1.165, 1.54) is 6.07 Å². The second-order valence-corrected chi connectivity index (χ2v) is 2.99. The monoisotopic (exact) mass is 227 g/mol. The number of hydrogen-bond acceptors (Lipinski definition) is 1. The highest BCUT2D eigenvalue weighted by Crippen LogP contribution is 2.15. The SMILES string of the molecule is NCC#Cc1ccc(F)c(Br)c1. The summed E-state index contributed by atoms with van der Waals surface area (Å²) in [7, 11) is 0. The first kappa shape index (κ1) is 9.24. The van der Waals surface area contributed by atoms with Crippen molar-refractivity contribution in [3.8, 4) is 11.8 Å². The normalized spacial score (nSPS) is 8.92. The van der Waals surface area contributed by atoms with Crippen LogP contribution in [0.4, 0.5) is 4.39 Å². The van der Waals surface area contributed by atoms with Gasteiger partial charge < -0.3 is 5.73 Å². The summed E-state index contributed by atoms with van der Waals surface area (Å²) in [5.41, 5.74) is 5.94. The van der Waals surface area contributed by atoms with E-state index in [1.54, 1.807) is 12.1 Å². The fourth-order valence-corrected chi connectivity index (χ4v) is 1.11. The van der Waals surface area contributed by atoms with Crippen LogP contribution in [0, 0.1) is 17.7 Å². The van der Waals surface area contributed by atoms with E-state index in [0.717, 1.165) is 5.56 Å². The molecule has 0 radical (unpaired) electrons. The van der Waals surface area contributed by atoms with E-state index in [1.807, 2.05) is 0 Å². The smallest absolute Gasteiger partial charge is 0.137 e. The summed E-state index contributed by atoms with van der Waals surface area (Å²) in [5, 5.41) is 0. The zero-order chi connectivity index (χ0) is 8.97. The molecule has 0 heterocycles. The Hall–Kier alpha value is -0.850. The Kier molecular flexibility index (Phi) is 3.27. The summed E-state index contributed by atoms with van der Waals surface area (Å²) in [4.78, 5) is 0. The molecule has 1 aromatic rings. The van der Waals surface area contributed by atoms with Crippen LogP contribution in [0.3, 0.4) is 0 Å². The molecule has 1 nitrogen and oxygen atoms in total. The molecule has 12 heavy (non-hydrogen) atoms. The lowest BCUT2D eigenvalue weighted by Crippen LogP contribution is -1.93. The molecule has 0 aliphatic heterocycles. The van der Waals surface area contributed by atoms with Gasteiger partial charge in [-0.2, -0.15) is 0 Å². The third kappa shape index (κ3) is 2.33. The second kappa shape index (κ2) is 4.24. The molecule has 0 saturated carbocycles. The van der Waals surface area contributed by atoms with Crippen molar-refractivity contribution in [3.63, 3.8) is 0 Å². The van der Waals surface area contributed by atoms with Crippen LogP contribution >= 0.6 is 15.9 Å². The van der Waals surface area contributed by atoms with Gasteiger partial charge in [0.2, 0.25) is 0 Å². The molecule has 0 saturated heterocycles. The van der Waals surface area contributed by atoms with Crippen LogP contribution in [0.2, 0.25) is 0 Å². The van der Waals surface area contributed by atoms with E-state index < -0.39 is 0 Å². The Labute approximate surface area is 78.9 Å². The average Bonchev–Trinajstić information content (AvgIpc) is 2.07. The van der Waals surface area contributed by atoms with Gasteiger partial charge in [-0.25, -0.2) is 4.39 Å². The van der Waals surface area contributed by atoms with E-state index in [-0.39, 0.29) is 5.82 Å². The Morgan fingerprint density at radius 2 is 2.25 bits per heavy atom. The molecule has 0 bridgehead atoms. The predicted octanol–water partition coefficient (Wildman–Crippen LogP) is 1.90. The predicted molar refractivity (Wildman–Crippen MR) is 50.0 cm³/mol. The fourth-order valence-electron chi connectivity index (χ4n) is 0.727. The molecule has 3 heteroatoms. The lowest BCUT2D eigenvalue weighted by Gasteiger charge is -1.93. The van der Waals surface area contributed by atoms with Gasteiger partial charge >= 0.3 is 0 Å². The number of nitrogens with two attached hydrogens (primary N) is 1.